The van der Waals surface area contributed by atoms with Crippen molar-refractivity contribution in [3.63, 3.8) is 0 Å². The zero-order valence-electron chi connectivity index (χ0n) is 19.3. The fourth-order valence-corrected chi connectivity index (χ4v) is 6.71. The molecule has 0 aromatic heterocycles. The number of rotatable bonds is 2. The second-order valence-electron chi connectivity index (χ2n) is 10.0. The summed E-state index contributed by atoms with van der Waals surface area (Å²) in [5.74, 6) is 6.75. The van der Waals surface area contributed by atoms with Crippen molar-refractivity contribution in [2.45, 2.75) is 57.2 Å². The summed E-state index contributed by atoms with van der Waals surface area (Å²) in [6, 6.07) is 7.97. The van der Waals surface area contributed by atoms with Gasteiger partial charge in [0, 0.05) is 11.8 Å². The van der Waals surface area contributed by atoms with E-state index in [1.54, 1.807) is 7.11 Å². The van der Waals surface area contributed by atoms with E-state index in [4.69, 9.17) is 9.47 Å². The van der Waals surface area contributed by atoms with Gasteiger partial charge in [0.25, 0.3) is 0 Å². The summed E-state index contributed by atoms with van der Waals surface area (Å²) in [5, 5.41) is 11.6. The van der Waals surface area contributed by atoms with Crippen LogP contribution in [0.2, 0.25) is 0 Å². The van der Waals surface area contributed by atoms with Gasteiger partial charge in [-0.25, -0.2) is 4.39 Å². The second-order valence-corrected chi connectivity index (χ2v) is 10.0. The Kier molecular flexibility index (Phi) is 5.71. The van der Waals surface area contributed by atoms with Crippen molar-refractivity contribution >= 4 is 5.78 Å². The SMILES string of the molecule is COc1ccc(C2OCC3(C)C(CC[C@@]3(O)C#CCF)C3CCC4=CC(=O)CCC4=C23)cc1. The van der Waals surface area contributed by atoms with Crippen LogP contribution in [0.15, 0.2) is 47.1 Å². The predicted molar refractivity (Wildman–Crippen MR) is 123 cm³/mol. The first kappa shape index (κ1) is 22.4. The number of alkyl halides is 1. The van der Waals surface area contributed by atoms with Crippen LogP contribution in [-0.2, 0) is 9.53 Å². The molecule has 4 aliphatic rings. The number of carbonyl (C=O) groups excluding carboxylic acids is 1. The van der Waals surface area contributed by atoms with Crippen molar-refractivity contribution in [3.05, 3.63) is 52.6 Å². The molecule has 1 saturated heterocycles. The number of hydrogen-bond donors (Lipinski definition) is 1. The van der Waals surface area contributed by atoms with Crippen LogP contribution in [0.25, 0.3) is 0 Å². The minimum absolute atomic E-state index is 0.182. The zero-order valence-corrected chi connectivity index (χ0v) is 19.3. The Bertz CT molecular complexity index is 1080. The molecule has 3 aliphatic carbocycles. The molecule has 0 amide bonds. The first-order valence-electron chi connectivity index (χ1n) is 11.9. The fourth-order valence-electron chi connectivity index (χ4n) is 6.71. The number of halogens is 1. The molecule has 0 radical (unpaired) electrons. The molecule has 33 heavy (non-hydrogen) atoms. The van der Waals surface area contributed by atoms with E-state index in [-0.39, 0.29) is 23.7 Å². The lowest BCUT2D eigenvalue weighted by atomic mass is 9.61. The van der Waals surface area contributed by atoms with E-state index in [0.29, 0.717) is 19.4 Å². The smallest absolute Gasteiger partial charge is 0.156 e. The maximum Gasteiger partial charge on any atom is 0.156 e. The van der Waals surface area contributed by atoms with Gasteiger partial charge in [-0.15, -0.1) is 0 Å². The number of benzene rings is 1. The van der Waals surface area contributed by atoms with Crippen molar-refractivity contribution in [2.24, 2.45) is 17.3 Å². The average Bonchev–Trinajstić information content (AvgIpc) is 3.00. The summed E-state index contributed by atoms with van der Waals surface area (Å²) in [7, 11) is 1.65. The third kappa shape index (κ3) is 3.55. The molecular formula is C28H31FO4. The Balaban J connectivity index is 1.65. The van der Waals surface area contributed by atoms with Gasteiger partial charge >= 0.3 is 0 Å². The number of methoxy groups -OCH3 is 1. The quantitative estimate of drug-likeness (QED) is 0.653. The lowest BCUT2D eigenvalue weighted by molar-refractivity contribution is -0.114. The van der Waals surface area contributed by atoms with E-state index in [1.807, 2.05) is 30.3 Å². The molecule has 1 saturated carbocycles. The second kappa shape index (κ2) is 8.42. The summed E-state index contributed by atoms with van der Waals surface area (Å²) in [5.41, 5.74) is 2.85. The highest BCUT2D eigenvalue weighted by molar-refractivity contribution is 5.93. The van der Waals surface area contributed by atoms with E-state index < -0.39 is 17.7 Å². The molecular weight excluding hydrogens is 419 g/mol. The highest BCUT2D eigenvalue weighted by Gasteiger charge is 2.61. The molecule has 2 fully saturated rings. The van der Waals surface area contributed by atoms with Crippen LogP contribution in [-0.4, -0.2) is 36.9 Å². The Morgan fingerprint density at radius 3 is 2.73 bits per heavy atom. The van der Waals surface area contributed by atoms with Crippen molar-refractivity contribution < 1.29 is 23.8 Å². The summed E-state index contributed by atoms with van der Waals surface area (Å²) < 4.78 is 24.9. The third-order valence-corrected chi connectivity index (χ3v) is 8.50. The summed E-state index contributed by atoms with van der Waals surface area (Å²) in [6.45, 7) is 1.64. The Morgan fingerprint density at radius 1 is 1.21 bits per heavy atom. The lowest BCUT2D eigenvalue weighted by Crippen LogP contribution is -2.48. The van der Waals surface area contributed by atoms with Crippen LogP contribution in [0.1, 0.15) is 57.1 Å². The van der Waals surface area contributed by atoms with Gasteiger partial charge in [0.05, 0.1) is 13.7 Å². The normalized spacial score (nSPS) is 35.5. The highest BCUT2D eigenvalue weighted by atomic mass is 19.1. The number of aliphatic hydroxyl groups is 1. The van der Waals surface area contributed by atoms with E-state index in [9.17, 15) is 14.3 Å². The van der Waals surface area contributed by atoms with Crippen LogP contribution in [0.4, 0.5) is 4.39 Å². The van der Waals surface area contributed by atoms with E-state index >= 15 is 0 Å². The van der Waals surface area contributed by atoms with Gasteiger partial charge in [-0.05, 0) is 84.4 Å². The van der Waals surface area contributed by atoms with E-state index in [2.05, 4.69) is 18.8 Å². The predicted octanol–water partition coefficient (Wildman–Crippen LogP) is 4.88. The molecule has 5 rings (SSSR count). The standard InChI is InChI=1S/C28H31FO4/c1-27-17-33-26(18-4-8-21(32-2)9-5-18)25-22-11-7-20(30)16-19(22)6-10-23(25)24(27)12-14-28(27,31)13-3-15-29/h4-5,8-9,16,23-24,26,31H,6-7,10-12,14-15,17H2,1-2H3/t23?,24?,26?,27?,28-/m0/s1. The number of hydrogen-bond acceptors (Lipinski definition) is 4. The Labute approximate surface area is 194 Å². The fraction of sp³-hybridized carbons (Fsp3) is 0.536. The molecule has 1 aromatic carbocycles. The van der Waals surface area contributed by atoms with Crippen LogP contribution in [0.5, 0.6) is 5.75 Å². The molecule has 4 nitrogen and oxygen atoms in total. The van der Waals surface area contributed by atoms with Gasteiger partial charge in [0.15, 0.2) is 5.78 Å². The van der Waals surface area contributed by atoms with Crippen molar-refractivity contribution in [3.8, 4) is 17.6 Å². The monoisotopic (exact) mass is 450 g/mol. The minimum Gasteiger partial charge on any atom is -0.497 e. The molecule has 0 spiro atoms. The lowest BCUT2D eigenvalue weighted by Gasteiger charge is -2.42. The van der Waals surface area contributed by atoms with Gasteiger partial charge in [-0.1, -0.05) is 30.9 Å². The molecule has 1 aromatic rings. The van der Waals surface area contributed by atoms with Crippen LogP contribution in [0.3, 0.4) is 0 Å². The first-order chi connectivity index (χ1) is 15.9. The highest BCUT2D eigenvalue weighted by Crippen LogP contribution is 2.61. The molecule has 1 aliphatic heterocycles. The average molecular weight is 451 g/mol. The van der Waals surface area contributed by atoms with E-state index in [0.717, 1.165) is 42.6 Å². The number of carbonyl (C=O) groups is 1. The van der Waals surface area contributed by atoms with E-state index in [1.165, 1.54) is 11.1 Å². The van der Waals surface area contributed by atoms with Crippen molar-refractivity contribution in [1.82, 2.24) is 0 Å². The van der Waals surface area contributed by atoms with Crippen molar-refractivity contribution in [1.29, 1.82) is 0 Å². The summed E-state index contributed by atoms with van der Waals surface area (Å²) in [4.78, 5) is 12.2. The van der Waals surface area contributed by atoms with Gasteiger partial charge in [-0.3, -0.25) is 4.79 Å². The molecule has 5 heteroatoms. The van der Waals surface area contributed by atoms with Gasteiger partial charge in [-0.2, -0.15) is 0 Å². The van der Waals surface area contributed by atoms with Gasteiger partial charge in [0.1, 0.15) is 24.1 Å². The van der Waals surface area contributed by atoms with Gasteiger partial charge in [0.2, 0.25) is 0 Å². The minimum atomic E-state index is -1.27. The maximum atomic E-state index is 12.9. The van der Waals surface area contributed by atoms with Crippen molar-refractivity contribution in [2.75, 3.05) is 20.4 Å². The molecule has 1 heterocycles. The number of ketones is 1. The summed E-state index contributed by atoms with van der Waals surface area (Å²) >= 11 is 0. The number of allylic oxidation sites excluding steroid dienone is 3. The Hall–Kier alpha value is -2.42. The maximum absolute atomic E-state index is 12.9. The molecule has 4 unspecified atom stereocenters. The molecule has 0 bridgehead atoms. The Morgan fingerprint density at radius 2 is 2.00 bits per heavy atom. The topological polar surface area (TPSA) is 55.8 Å². The summed E-state index contributed by atoms with van der Waals surface area (Å²) in [6.07, 6.45) is 5.97. The van der Waals surface area contributed by atoms with Crippen LogP contribution in [0, 0.1) is 29.1 Å². The third-order valence-electron chi connectivity index (χ3n) is 8.50. The van der Waals surface area contributed by atoms with Crippen LogP contribution >= 0.6 is 0 Å². The largest absolute Gasteiger partial charge is 0.497 e. The van der Waals surface area contributed by atoms with Crippen LogP contribution < -0.4 is 4.74 Å². The molecule has 174 valence electrons. The zero-order chi connectivity index (χ0) is 23.2. The van der Waals surface area contributed by atoms with Gasteiger partial charge < -0.3 is 14.6 Å². The molecule has 1 N–H and O–H groups in total. The molecule has 5 atom stereocenters. The number of ether oxygens (including phenoxy) is 2. The number of fused-ring (bicyclic) bond motifs is 4. The first-order valence-corrected chi connectivity index (χ1v) is 11.9.